The van der Waals surface area contributed by atoms with E-state index in [9.17, 15) is 0 Å². The third-order valence-corrected chi connectivity index (χ3v) is 2.98. The second-order valence-electron chi connectivity index (χ2n) is 2.65. The Balaban J connectivity index is 0.000000653. The maximum atomic E-state index is 4.24. The van der Waals surface area contributed by atoms with Crippen LogP contribution in [0, 0.1) is 0 Å². The summed E-state index contributed by atoms with van der Waals surface area (Å²) in [4.78, 5) is 5.30. The number of imidazole rings is 1. The normalized spacial score (nSPS) is 10.5. The number of hydrogen-bond donors (Lipinski definition) is 0. The van der Waals surface area contributed by atoms with E-state index in [1.165, 1.54) is 10.2 Å². The number of hydrogen-bond acceptors (Lipinski definition) is 2. The molecule has 4 heteroatoms. The Morgan fingerprint density at radius 3 is 3.00 bits per heavy atom. The molecule has 66 valence electrons. The first-order valence-electron chi connectivity index (χ1n) is 3.76. The summed E-state index contributed by atoms with van der Waals surface area (Å²) in [5, 5.41) is 0. The number of thiazole rings is 1. The minimum atomic E-state index is 0. The summed E-state index contributed by atoms with van der Waals surface area (Å²) in [6.45, 7) is 0. The van der Waals surface area contributed by atoms with E-state index in [0.717, 1.165) is 4.96 Å². The molecule has 0 N–H and O–H groups in total. The van der Waals surface area contributed by atoms with E-state index < -0.39 is 0 Å². The van der Waals surface area contributed by atoms with Crippen LogP contribution in [0.25, 0.3) is 15.2 Å². The number of para-hydroxylation sites is 1. The summed E-state index contributed by atoms with van der Waals surface area (Å²) in [6, 6.07) is 8.34. The molecular formula is C9H7ClN2S. The highest BCUT2D eigenvalue weighted by Gasteiger charge is 2.01. The average Bonchev–Trinajstić information content (AvgIpc) is 2.62. The highest BCUT2D eigenvalue weighted by Crippen LogP contribution is 2.24. The van der Waals surface area contributed by atoms with Gasteiger partial charge in [-0.1, -0.05) is 23.5 Å². The van der Waals surface area contributed by atoms with Crippen molar-refractivity contribution in [2.24, 2.45) is 0 Å². The standard InChI is InChI=1S/C9H6N2S.ClH/c1-2-4-8-7(3-1)11-6-5-10-9(11)12-8;/h1-6H;1H. The van der Waals surface area contributed by atoms with Gasteiger partial charge >= 0.3 is 0 Å². The fourth-order valence-corrected chi connectivity index (χ4v) is 2.37. The van der Waals surface area contributed by atoms with E-state index in [0.29, 0.717) is 0 Å². The fourth-order valence-electron chi connectivity index (χ4n) is 1.39. The average molecular weight is 211 g/mol. The van der Waals surface area contributed by atoms with Crippen LogP contribution >= 0.6 is 23.7 Å². The van der Waals surface area contributed by atoms with Crippen molar-refractivity contribution in [3.05, 3.63) is 36.7 Å². The summed E-state index contributed by atoms with van der Waals surface area (Å²) in [7, 11) is 0. The van der Waals surface area contributed by atoms with Crippen LogP contribution in [0.2, 0.25) is 0 Å². The summed E-state index contributed by atoms with van der Waals surface area (Å²) in [6.07, 6.45) is 3.83. The lowest BCUT2D eigenvalue weighted by Crippen LogP contribution is -1.73. The van der Waals surface area contributed by atoms with E-state index >= 15 is 0 Å². The quantitative estimate of drug-likeness (QED) is 0.558. The second kappa shape index (κ2) is 3.01. The van der Waals surface area contributed by atoms with Gasteiger partial charge in [0, 0.05) is 12.4 Å². The molecule has 0 spiro atoms. The van der Waals surface area contributed by atoms with Crippen LogP contribution in [-0.2, 0) is 0 Å². The van der Waals surface area contributed by atoms with Crippen LogP contribution in [-0.4, -0.2) is 9.38 Å². The molecule has 0 aliphatic carbocycles. The second-order valence-corrected chi connectivity index (χ2v) is 3.66. The van der Waals surface area contributed by atoms with Crippen molar-refractivity contribution < 1.29 is 0 Å². The lowest BCUT2D eigenvalue weighted by atomic mass is 10.3. The molecule has 0 saturated carbocycles. The highest BCUT2D eigenvalue weighted by molar-refractivity contribution is 7.23. The zero-order valence-corrected chi connectivity index (χ0v) is 8.31. The Hall–Kier alpha value is -1.06. The van der Waals surface area contributed by atoms with E-state index in [4.69, 9.17) is 0 Å². The molecule has 0 atom stereocenters. The number of benzene rings is 1. The van der Waals surface area contributed by atoms with Crippen molar-refractivity contribution in [3.63, 3.8) is 0 Å². The molecule has 3 aromatic rings. The van der Waals surface area contributed by atoms with E-state index in [2.05, 4.69) is 33.7 Å². The van der Waals surface area contributed by atoms with Crippen LogP contribution in [0.4, 0.5) is 0 Å². The first-order valence-corrected chi connectivity index (χ1v) is 4.57. The first kappa shape index (κ1) is 8.53. The lowest BCUT2D eigenvalue weighted by Gasteiger charge is -1.86. The van der Waals surface area contributed by atoms with Crippen molar-refractivity contribution in [2.45, 2.75) is 0 Å². The van der Waals surface area contributed by atoms with E-state index in [1.54, 1.807) is 11.3 Å². The molecule has 13 heavy (non-hydrogen) atoms. The number of rotatable bonds is 0. The Morgan fingerprint density at radius 1 is 1.23 bits per heavy atom. The minimum absolute atomic E-state index is 0. The first-order chi connectivity index (χ1) is 5.95. The van der Waals surface area contributed by atoms with Gasteiger partial charge < -0.3 is 0 Å². The Bertz CT molecular complexity index is 540. The summed E-state index contributed by atoms with van der Waals surface area (Å²) in [5.74, 6) is 0. The van der Waals surface area contributed by atoms with Gasteiger partial charge in [0.1, 0.15) is 0 Å². The topological polar surface area (TPSA) is 17.3 Å². The monoisotopic (exact) mass is 210 g/mol. The summed E-state index contributed by atoms with van der Waals surface area (Å²) < 4.78 is 3.40. The van der Waals surface area contributed by atoms with Gasteiger partial charge in [-0.25, -0.2) is 4.98 Å². The number of fused-ring (bicyclic) bond motifs is 3. The van der Waals surface area contributed by atoms with Gasteiger partial charge in [0.05, 0.1) is 10.2 Å². The van der Waals surface area contributed by atoms with Gasteiger partial charge in [0.2, 0.25) is 0 Å². The Morgan fingerprint density at radius 2 is 2.08 bits per heavy atom. The highest BCUT2D eigenvalue weighted by atomic mass is 35.5. The molecule has 0 saturated heterocycles. The van der Waals surface area contributed by atoms with Gasteiger partial charge in [-0.15, -0.1) is 12.4 Å². The predicted octanol–water partition coefficient (Wildman–Crippen LogP) is 2.97. The molecule has 0 aliphatic heterocycles. The van der Waals surface area contributed by atoms with Gasteiger partial charge in [-0.05, 0) is 12.1 Å². The van der Waals surface area contributed by atoms with Crippen LogP contribution in [0.3, 0.4) is 0 Å². The zero-order chi connectivity index (χ0) is 7.97. The molecule has 1 aromatic carbocycles. The molecular weight excluding hydrogens is 204 g/mol. The van der Waals surface area contributed by atoms with Gasteiger partial charge in [0.25, 0.3) is 0 Å². The van der Waals surface area contributed by atoms with Gasteiger partial charge in [-0.3, -0.25) is 4.40 Å². The van der Waals surface area contributed by atoms with Crippen LogP contribution in [0.1, 0.15) is 0 Å². The number of nitrogens with zero attached hydrogens (tertiary/aromatic N) is 2. The van der Waals surface area contributed by atoms with E-state index in [-0.39, 0.29) is 12.4 Å². The molecule has 0 unspecified atom stereocenters. The van der Waals surface area contributed by atoms with Crippen molar-refractivity contribution in [1.29, 1.82) is 0 Å². The Kier molecular flexibility index (Phi) is 1.98. The van der Waals surface area contributed by atoms with Crippen LogP contribution in [0.15, 0.2) is 36.7 Å². The molecule has 2 nitrogen and oxygen atoms in total. The predicted molar refractivity (Wildman–Crippen MR) is 57.8 cm³/mol. The van der Waals surface area contributed by atoms with Crippen LogP contribution < -0.4 is 0 Å². The minimum Gasteiger partial charge on any atom is -0.290 e. The molecule has 3 rings (SSSR count). The lowest BCUT2D eigenvalue weighted by molar-refractivity contribution is 1.30. The third-order valence-electron chi connectivity index (χ3n) is 1.93. The third kappa shape index (κ3) is 1.12. The maximum Gasteiger partial charge on any atom is 0.194 e. The molecule has 0 fully saturated rings. The van der Waals surface area contributed by atoms with Crippen molar-refractivity contribution in [2.75, 3.05) is 0 Å². The number of aromatic nitrogens is 2. The zero-order valence-electron chi connectivity index (χ0n) is 6.68. The molecule has 0 radical (unpaired) electrons. The smallest absolute Gasteiger partial charge is 0.194 e. The summed E-state index contributed by atoms with van der Waals surface area (Å²) in [5.41, 5.74) is 1.25. The largest absolute Gasteiger partial charge is 0.290 e. The molecule has 0 amide bonds. The van der Waals surface area contributed by atoms with Gasteiger partial charge in [-0.2, -0.15) is 0 Å². The SMILES string of the molecule is Cl.c1ccc2c(c1)sc1nccn12. The van der Waals surface area contributed by atoms with Crippen LogP contribution in [0.5, 0.6) is 0 Å². The maximum absolute atomic E-state index is 4.24. The van der Waals surface area contributed by atoms with Crippen molar-refractivity contribution >= 4 is 38.9 Å². The number of halogens is 1. The molecule has 2 aromatic heterocycles. The molecule has 0 bridgehead atoms. The van der Waals surface area contributed by atoms with E-state index in [1.807, 2.05) is 12.4 Å². The van der Waals surface area contributed by atoms with Crippen molar-refractivity contribution in [1.82, 2.24) is 9.38 Å². The molecule has 2 heterocycles. The molecule has 0 aliphatic rings. The van der Waals surface area contributed by atoms with Crippen molar-refractivity contribution in [3.8, 4) is 0 Å². The summed E-state index contributed by atoms with van der Waals surface area (Å²) >= 11 is 1.72. The Labute approximate surface area is 85.2 Å². The fraction of sp³-hybridized carbons (Fsp3) is 0. The van der Waals surface area contributed by atoms with Gasteiger partial charge in [0.15, 0.2) is 4.96 Å².